The molecule has 270 valence electrons. The van der Waals surface area contributed by atoms with Crippen molar-refractivity contribution in [2.45, 2.75) is 82.5 Å². The first-order valence-electron chi connectivity index (χ1n) is 16.2. The zero-order valence-corrected chi connectivity index (χ0v) is 29.5. The van der Waals surface area contributed by atoms with Gasteiger partial charge in [0.05, 0.1) is 12.2 Å². The standard InChI is InChI=1S/C33H42IN7O9/c34-15-17-41-20-24(39-40-41)8-5-10-28(42)36-27(19-21-11-12-22-6-1-2-7-23(22)18-21)30(45)35-16-4-3-9-25(31(46)47)37-33(50)38-26(32(48)49)13-14-29(43)44/h1-2,6-7,11-12,18,20,25-27H,3-5,8-10,13-17,19H2,(H,35,45)(H,36,42)(H,43,44)(H,46,47)(H,48,49)(H2,37,38,50). The second-order valence-electron chi connectivity index (χ2n) is 11.6. The van der Waals surface area contributed by atoms with Crippen molar-refractivity contribution in [2.24, 2.45) is 0 Å². The van der Waals surface area contributed by atoms with Crippen LogP contribution >= 0.6 is 22.6 Å². The number of carboxylic acid groups (broad SMARTS) is 3. The Balaban J connectivity index is 1.52. The number of amides is 4. The van der Waals surface area contributed by atoms with Crippen LogP contribution in [0.4, 0.5) is 4.79 Å². The number of urea groups is 1. The zero-order chi connectivity index (χ0) is 36.5. The molecule has 0 bridgehead atoms. The van der Waals surface area contributed by atoms with Crippen molar-refractivity contribution < 1.29 is 44.1 Å². The molecule has 0 aliphatic rings. The highest BCUT2D eigenvalue weighted by molar-refractivity contribution is 14.1. The third-order valence-electron chi connectivity index (χ3n) is 7.71. The zero-order valence-electron chi connectivity index (χ0n) is 27.3. The molecule has 7 N–H and O–H groups in total. The van der Waals surface area contributed by atoms with Gasteiger partial charge in [-0.15, -0.1) is 5.10 Å². The Labute approximate surface area is 301 Å². The summed E-state index contributed by atoms with van der Waals surface area (Å²) in [5.41, 5.74) is 1.65. The van der Waals surface area contributed by atoms with Crippen LogP contribution in [0.1, 0.15) is 56.2 Å². The first-order chi connectivity index (χ1) is 23.9. The molecule has 0 radical (unpaired) electrons. The monoisotopic (exact) mass is 807 g/mol. The fraction of sp³-hybridized carbons (Fsp3) is 0.455. The van der Waals surface area contributed by atoms with Gasteiger partial charge in [0.25, 0.3) is 0 Å². The molecule has 3 aromatic rings. The van der Waals surface area contributed by atoms with Crippen molar-refractivity contribution in [1.29, 1.82) is 0 Å². The summed E-state index contributed by atoms with van der Waals surface area (Å²) in [5, 5.41) is 47.7. The van der Waals surface area contributed by atoms with Crippen LogP contribution in [0.25, 0.3) is 10.8 Å². The minimum absolute atomic E-state index is 0.0193. The molecule has 17 heteroatoms. The van der Waals surface area contributed by atoms with Gasteiger partial charge in [-0.2, -0.15) is 0 Å². The van der Waals surface area contributed by atoms with Crippen LogP contribution in [0.15, 0.2) is 48.7 Å². The number of fused-ring (bicyclic) bond motifs is 1. The summed E-state index contributed by atoms with van der Waals surface area (Å²) in [6.07, 6.45) is 3.12. The topological polar surface area (TPSA) is 242 Å². The number of halogens is 1. The number of hydrogen-bond donors (Lipinski definition) is 7. The van der Waals surface area contributed by atoms with E-state index in [4.69, 9.17) is 5.11 Å². The highest BCUT2D eigenvalue weighted by atomic mass is 127. The van der Waals surface area contributed by atoms with Crippen LogP contribution in [0.3, 0.4) is 0 Å². The highest BCUT2D eigenvalue weighted by Crippen LogP contribution is 2.17. The summed E-state index contributed by atoms with van der Waals surface area (Å²) in [5.74, 6) is -4.72. The highest BCUT2D eigenvalue weighted by Gasteiger charge is 2.25. The van der Waals surface area contributed by atoms with Crippen LogP contribution in [0.5, 0.6) is 0 Å². The normalized spacial score (nSPS) is 12.7. The number of aryl methyl sites for hydroxylation is 2. The number of aliphatic carboxylic acids is 3. The van der Waals surface area contributed by atoms with Gasteiger partial charge in [-0.25, -0.2) is 14.4 Å². The Morgan fingerprint density at radius 2 is 1.50 bits per heavy atom. The number of hydrogen-bond acceptors (Lipinski definition) is 8. The van der Waals surface area contributed by atoms with E-state index in [1.807, 2.05) is 48.7 Å². The summed E-state index contributed by atoms with van der Waals surface area (Å²) in [6, 6.07) is 8.87. The Kier molecular flexibility index (Phi) is 16.4. The maximum atomic E-state index is 13.3. The molecule has 0 aliphatic carbocycles. The van der Waals surface area contributed by atoms with Gasteiger partial charge in [0, 0.05) is 36.4 Å². The molecule has 3 unspecified atom stereocenters. The van der Waals surface area contributed by atoms with Gasteiger partial charge in [0.1, 0.15) is 18.1 Å². The third-order valence-corrected chi connectivity index (χ3v) is 8.20. The number of unbranched alkanes of at least 4 members (excludes halogenated alkanes) is 1. The van der Waals surface area contributed by atoms with E-state index in [1.54, 1.807) is 4.68 Å². The minimum Gasteiger partial charge on any atom is -0.481 e. The Hall–Kier alpha value is -4.81. The number of nitrogens with one attached hydrogen (secondary N) is 4. The molecule has 1 aromatic heterocycles. The quantitative estimate of drug-likeness (QED) is 0.0441. The molecular weight excluding hydrogens is 765 g/mol. The van der Waals surface area contributed by atoms with Crippen molar-refractivity contribution in [3.63, 3.8) is 0 Å². The van der Waals surface area contributed by atoms with Crippen molar-refractivity contribution in [3.8, 4) is 0 Å². The van der Waals surface area contributed by atoms with Gasteiger partial charge < -0.3 is 36.6 Å². The number of benzene rings is 2. The summed E-state index contributed by atoms with van der Waals surface area (Å²) >= 11 is 2.25. The van der Waals surface area contributed by atoms with E-state index in [9.17, 15) is 39.0 Å². The molecule has 3 rings (SSSR count). The van der Waals surface area contributed by atoms with Crippen molar-refractivity contribution in [1.82, 2.24) is 36.3 Å². The second kappa shape index (κ2) is 20.6. The maximum absolute atomic E-state index is 13.3. The molecule has 1 heterocycles. The number of carboxylic acids is 3. The third kappa shape index (κ3) is 14.0. The summed E-state index contributed by atoms with van der Waals surface area (Å²) in [4.78, 5) is 72.3. The van der Waals surface area contributed by atoms with Crippen molar-refractivity contribution >= 4 is 69.1 Å². The Morgan fingerprint density at radius 1 is 0.800 bits per heavy atom. The molecule has 3 atom stereocenters. The van der Waals surface area contributed by atoms with E-state index in [1.165, 1.54) is 0 Å². The fourth-order valence-corrected chi connectivity index (χ4v) is 5.60. The van der Waals surface area contributed by atoms with E-state index in [-0.39, 0.29) is 44.6 Å². The van der Waals surface area contributed by atoms with Crippen LogP contribution in [-0.2, 0) is 43.4 Å². The van der Waals surface area contributed by atoms with Crippen LogP contribution in [-0.4, -0.2) is 95.2 Å². The molecule has 0 saturated carbocycles. The first kappa shape index (κ1) is 39.6. The average molecular weight is 808 g/mol. The number of nitrogens with zero attached hydrogens (tertiary/aromatic N) is 3. The average Bonchev–Trinajstić information content (AvgIpc) is 3.52. The second-order valence-corrected chi connectivity index (χ2v) is 12.7. The number of alkyl halides is 1. The van der Waals surface area contributed by atoms with E-state index >= 15 is 0 Å². The van der Waals surface area contributed by atoms with Crippen LogP contribution < -0.4 is 21.3 Å². The van der Waals surface area contributed by atoms with Gasteiger partial charge in [0.2, 0.25) is 11.8 Å². The Bertz CT molecular complexity index is 1630. The Morgan fingerprint density at radius 3 is 2.18 bits per heavy atom. The SMILES string of the molecule is O=C(O)CCC(NC(=O)NC(CCCCNC(=O)C(Cc1ccc2ccccc2c1)NC(=O)CCCc1cn(CCI)nn1)C(=O)O)C(=O)O. The lowest BCUT2D eigenvalue weighted by Gasteiger charge is -2.20. The number of carbonyl (C=O) groups is 6. The van der Waals surface area contributed by atoms with E-state index in [2.05, 4.69) is 54.2 Å². The van der Waals surface area contributed by atoms with E-state index < -0.39 is 54.4 Å². The van der Waals surface area contributed by atoms with Gasteiger partial charge >= 0.3 is 23.9 Å². The summed E-state index contributed by atoms with van der Waals surface area (Å²) < 4.78 is 2.66. The van der Waals surface area contributed by atoms with E-state index in [0.29, 0.717) is 19.3 Å². The molecule has 50 heavy (non-hydrogen) atoms. The lowest BCUT2D eigenvalue weighted by atomic mass is 10.0. The van der Waals surface area contributed by atoms with Crippen LogP contribution in [0.2, 0.25) is 0 Å². The van der Waals surface area contributed by atoms with Gasteiger partial charge in [0.15, 0.2) is 0 Å². The summed E-state index contributed by atoms with van der Waals surface area (Å²) in [6.45, 7) is 0.922. The van der Waals surface area contributed by atoms with Gasteiger partial charge in [-0.3, -0.25) is 19.1 Å². The van der Waals surface area contributed by atoms with Crippen molar-refractivity contribution in [2.75, 3.05) is 11.0 Å². The van der Waals surface area contributed by atoms with Gasteiger partial charge in [-0.05, 0) is 54.9 Å². The fourth-order valence-electron chi connectivity index (χ4n) is 5.11. The number of carbonyl (C=O) groups excluding carboxylic acids is 3. The van der Waals surface area contributed by atoms with E-state index in [0.717, 1.165) is 33.0 Å². The maximum Gasteiger partial charge on any atom is 0.326 e. The molecule has 0 aliphatic heterocycles. The largest absolute Gasteiger partial charge is 0.481 e. The lowest BCUT2D eigenvalue weighted by molar-refractivity contribution is -0.141. The molecule has 0 saturated heterocycles. The molecule has 4 amide bonds. The lowest BCUT2D eigenvalue weighted by Crippen LogP contribution is -2.51. The molecule has 16 nitrogen and oxygen atoms in total. The molecule has 0 spiro atoms. The number of aromatic nitrogens is 3. The predicted octanol–water partition coefficient (Wildman–Crippen LogP) is 2.27. The summed E-state index contributed by atoms with van der Waals surface area (Å²) in [7, 11) is 0. The minimum atomic E-state index is -1.51. The predicted molar refractivity (Wildman–Crippen MR) is 190 cm³/mol. The molecule has 0 fully saturated rings. The van der Waals surface area contributed by atoms with Crippen molar-refractivity contribution in [3.05, 3.63) is 59.9 Å². The molecule has 2 aromatic carbocycles. The first-order valence-corrected chi connectivity index (χ1v) is 17.7. The van der Waals surface area contributed by atoms with Gasteiger partial charge in [-0.1, -0.05) is 70.3 Å². The smallest absolute Gasteiger partial charge is 0.326 e. The van der Waals surface area contributed by atoms with Crippen LogP contribution in [0, 0.1) is 0 Å². The number of rotatable bonds is 22. The molecular formula is C33H42IN7O9.